The molecule has 10 nitrogen and oxygen atoms in total. The van der Waals surface area contributed by atoms with Crippen LogP contribution >= 0.6 is 11.6 Å². The van der Waals surface area contributed by atoms with Gasteiger partial charge in [0.1, 0.15) is 11.6 Å². The van der Waals surface area contributed by atoms with Gasteiger partial charge in [-0.15, -0.1) is 0 Å². The van der Waals surface area contributed by atoms with Gasteiger partial charge in [0.2, 0.25) is 0 Å². The summed E-state index contributed by atoms with van der Waals surface area (Å²) in [6, 6.07) is 16.1. The van der Waals surface area contributed by atoms with Gasteiger partial charge in [0.15, 0.2) is 12.1 Å². The van der Waals surface area contributed by atoms with Crippen molar-refractivity contribution in [1.29, 1.82) is 0 Å². The van der Waals surface area contributed by atoms with Crippen molar-refractivity contribution < 1.29 is 23.9 Å². The molecule has 0 spiro atoms. The summed E-state index contributed by atoms with van der Waals surface area (Å²) >= 11 is 6.35. The summed E-state index contributed by atoms with van der Waals surface area (Å²) in [4.78, 5) is 60.8. The van der Waals surface area contributed by atoms with E-state index in [0.717, 1.165) is 33.8 Å². The van der Waals surface area contributed by atoms with E-state index < -0.39 is 35.6 Å². The van der Waals surface area contributed by atoms with Gasteiger partial charge in [0.05, 0.1) is 28.2 Å². The van der Waals surface area contributed by atoms with Crippen molar-refractivity contribution >= 4 is 46.1 Å². The van der Waals surface area contributed by atoms with Gasteiger partial charge >= 0.3 is 6.09 Å². The molecule has 0 radical (unpaired) electrons. The van der Waals surface area contributed by atoms with E-state index in [0.29, 0.717) is 30.2 Å². The summed E-state index contributed by atoms with van der Waals surface area (Å²) in [5.41, 5.74) is 3.15. The molecule has 0 bridgehead atoms. The van der Waals surface area contributed by atoms with E-state index in [1.807, 2.05) is 45.9 Å². The third-order valence-electron chi connectivity index (χ3n) is 7.91. The number of para-hydroxylation sites is 1. The lowest BCUT2D eigenvalue weighted by atomic mass is 10.1. The summed E-state index contributed by atoms with van der Waals surface area (Å²) in [5.74, 6) is -0.779. The Balaban J connectivity index is 1.58. The van der Waals surface area contributed by atoms with Gasteiger partial charge in [-0.3, -0.25) is 19.0 Å². The molecule has 1 aromatic heterocycles. The number of ether oxygens (including phenoxy) is 2. The van der Waals surface area contributed by atoms with Crippen LogP contribution in [0.4, 0.5) is 10.5 Å². The van der Waals surface area contributed by atoms with Gasteiger partial charge in [-0.2, -0.15) is 0 Å². The summed E-state index contributed by atoms with van der Waals surface area (Å²) in [5, 5.41) is 3.34. The van der Waals surface area contributed by atoms with Crippen molar-refractivity contribution in [2.75, 3.05) is 11.9 Å². The minimum absolute atomic E-state index is 0.0705. The standard InChI is InChI=1S/C35H37ClN4O6/c1-5-6-12-29-34(43)40(35(44)46-29)30(32(41)38-27-11-8-7-10-25(27)36)31-37-26-15-13-22(3)20-24(26)33(42)39(31)17-9-18-45-28-16-14-21(2)19-23(28)4/h7-8,10-11,13-16,19-20,29-30H,5-6,9,12,17-18H2,1-4H3,(H,38,41). The molecule has 3 amide bonds. The third kappa shape index (κ3) is 6.92. The molecule has 1 fully saturated rings. The lowest BCUT2D eigenvalue weighted by molar-refractivity contribution is -0.135. The van der Waals surface area contributed by atoms with Crippen LogP contribution in [-0.4, -0.2) is 45.1 Å². The second-order valence-electron chi connectivity index (χ2n) is 11.5. The van der Waals surface area contributed by atoms with E-state index in [4.69, 9.17) is 26.1 Å². The van der Waals surface area contributed by atoms with Crippen LogP contribution in [0.15, 0.2) is 65.5 Å². The number of amides is 3. The van der Waals surface area contributed by atoms with E-state index >= 15 is 0 Å². The molecule has 46 heavy (non-hydrogen) atoms. The largest absolute Gasteiger partial charge is 0.493 e. The number of cyclic esters (lactones) is 1. The van der Waals surface area contributed by atoms with E-state index in [1.54, 1.807) is 42.5 Å². The maximum Gasteiger partial charge on any atom is 0.418 e. The van der Waals surface area contributed by atoms with Crippen LogP contribution in [0.25, 0.3) is 10.9 Å². The predicted molar refractivity (Wildman–Crippen MR) is 176 cm³/mol. The first kappa shape index (κ1) is 32.7. The van der Waals surface area contributed by atoms with Crippen LogP contribution in [0.1, 0.15) is 61.2 Å². The monoisotopic (exact) mass is 644 g/mol. The highest BCUT2D eigenvalue weighted by molar-refractivity contribution is 6.33. The highest BCUT2D eigenvalue weighted by Gasteiger charge is 2.49. The van der Waals surface area contributed by atoms with Crippen LogP contribution in [0.2, 0.25) is 5.02 Å². The molecule has 0 aliphatic carbocycles. The van der Waals surface area contributed by atoms with Crippen molar-refractivity contribution in [1.82, 2.24) is 14.5 Å². The first-order valence-corrected chi connectivity index (χ1v) is 15.8. The van der Waals surface area contributed by atoms with Crippen molar-refractivity contribution in [3.05, 3.63) is 98.6 Å². The van der Waals surface area contributed by atoms with E-state index in [1.165, 1.54) is 4.57 Å². The topological polar surface area (TPSA) is 120 Å². The summed E-state index contributed by atoms with van der Waals surface area (Å²) in [7, 11) is 0. The fourth-order valence-corrected chi connectivity index (χ4v) is 5.72. The number of anilines is 1. The Kier molecular flexibility index (Phi) is 10.1. The van der Waals surface area contributed by atoms with Crippen molar-refractivity contribution in [2.45, 2.75) is 72.1 Å². The molecule has 1 aliphatic rings. The molecule has 2 atom stereocenters. The van der Waals surface area contributed by atoms with Crippen LogP contribution < -0.4 is 15.6 Å². The number of hydrogen-bond donors (Lipinski definition) is 1. The van der Waals surface area contributed by atoms with Gasteiger partial charge in [-0.1, -0.05) is 66.4 Å². The van der Waals surface area contributed by atoms with Crippen LogP contribution in [0, 0.1) is 20.8 Å². The molecule has 2 heterocycles. The number of imide groups is 1. The quantitative estimate of drug-likeness (QED) is 0.171. The normalized spacial score (nSPS) is 15.2. The lowest BCUT2D eigenvalue weighted by Crippen LogP contribution is -2.45. The molecule has 5 rings (SSSR count). The molecule has 1 saturated heterocycles. The zero-order valence-corrected chi connectivity index (χ0v) is 27.1. The highest BCUT2D eigenvalue weighted by Crippen LogP contribution is 2.31. The lowest BCUT2D eigenvalue weighted by Gasteiger charge is -2.26. The molecule has 2 unspecified atom stereocenters. The number of carbonyl (C=O) groups is 3. The number of aromatic nitrogens is 2. The second-order valence-corrected chi connectivity index (χ2v) is 11.9. The Morgan fingerprint density at radius 2 is 1.76 bits per heavy atom. The Hall–Kier alpha value is -4.70. The molecular formula is C35H37ClN4O6. The molecule has 1 N–H and O–H groups in total. The number of hydrogen-bond acceptors (Lipinski definition) is 7. The Morgan fingerprint density at radius 1 is 1.02 bits per heavy atom. The number of nitrogens with zero attached hydrogens (tertiary/aromatic N) is 3. The van der Waals surface area contributed by atoms with E-state index in [2.05, 4.69) is 5.32 Å². The summed E-state index contributed by atoms with van der Waals surface area (Å²) in [6.07, 6.45) is 0.0877. The zero-order chi connectivity index (χ0) is 33.0. The SMILES string of the molecule is CCCCC1OC(=O)N(C(C(=O)Nc2ccccc2Cl)c2nc3ccc(C)cc3c(=O)n2CCCOc2ccc(C)cc2C)C1=O. The van der Waals surface area contributed by atoms with Crippen molar-refractivity contribution in [3.8, 4) is 5.75 Å². The minimum atomic E-state index is -1.62. The number of rotatable bonds is 12. The average molecular weight is 645 g/mol. The first-order valence-electron chi connectivity index (χ1n) is 15.4. The Morgan fingerprint density at radius 3 is 2.50 bits per heavy atom. The molecule has 11 heteroatoms. The number of unbranched alkanes of at least 4 members (excludes halogenated alkanes) is 1. The summed E-state index contributed by atoms with van der Waals surface area (Å²) in [6.45, 7) is 8.16. The highest BCUT2D eigenvalue weighted by atomic mass is 35.5. The van der Waals surface area contributed by atoms with Gasteiger partial charge in [-0.25, -0.2) is 14.7 Å². The van der Waals surface area contributed by atoms with Crippen LogP contribution in [0.5, 0.6) is 5.75 Å². The number of nitrogens with one attached hydrogen (secondary N) is 1. The van der Waals surface area contributed by atoms with Crippen molar-refractivity contribution in [3.63, 3.8) is 0 Å². The van der Waals surface area contributed by atoms with E-state index in [9.17, 15) is 19.2 Å². The molecule has 240 valence electrons. The van der Waals surface area contributed by atoms with Gasteiger partial charge in [0, 0.05) is 6.54 Å². The number of halogens is 1. The summed E-state index contributed by atoms with van der Waals surface area (Å²) < 4.78 is 12.8. The second kappa shape index (κ2) is 14.2. The van der Waals surface area contributed by atoms with E-state index in [-0.39, 0.29) is 29.7 Å². The van der Waals surface area contributed by atoms with Gasteiger partial charge < -0.3 is 14.8 Å². The maximum absolute atomic E-state index is 14.1. The predicted octanol–water partition coefficient (Wildman–Crippen LogP) is 6.66. The molecular weight excluding hydrogens is 608 g/mol. The van der Waals surface area contributed by atoms with Gasteiger partial charge in [-0.05, 0) is 75.9 Å². The average Bonchev–Trinajstić information content (AvgIpc) is 3.30. The fraction of sp³-hybridized carbons (Fsp3) is 0.343. The zero-order valence-electron chi connectivity index (χ0n) is 26.3. The van der Waals surface area contributed by atoms with Crippen LogP contribution in [0.3, 0.4) is 0 Å². The number of fused-ring (bicyclic) bond motifs is 1. The molecule has 1 aliphatic heterocycles. The fourth-order valence-electron chi connectivity index (χ4n) is 5.53. The smallest absolute Gasteiger partial charge is 0.418 e. The third-order valence-corrected chi connectivity index (χ3v) is 8.24. The Bertz CT molecular complexity index is 1860. The number of aryl methyl sites for hydroxylation is 3. The van der Waals surface area contributed by atoms with Gasteiger partial charge in [0.25, 0.3) is 17.4 Å². The van der Waals surface area contributed by atoms with Crippen molar-refractivity contribution in [2.24, 2.45) is 0 Å². The number of benzene rings is 3. The molecule has 3 aromatic carbocycles. The first-order chi connectivity index (χ1) is 22.1. The Labute approximate surface area is 272 Å². The molecule has 4 aromatic rings. The maximum atomic E-state index is 14.1. The molecule has 0 saturated carbocycles. The minimum Gasteiger partial charge on any atom is -0.493 e. The number of carbonyl (C=O) groups excluding carboxylic acids is 3. The van der Waals surface area contributed by atoms with Crippen LogP contribution in [-0.2, 0) is 20.9 Å².